The molecule has 1 aliphatic heterocycles. The number of aromatic nitrogens is 2. The van der Waals surface area contributed by atoms with Crippen molar-refractivity contribution in [2.75, 3.05) is 0 Å². The third-order valence-corrected chi connectivity index (χ3v) is 8.36. The van der Waals surface area contributed by atoms with Crippen molar-refractivity contribution in [1.29, 1.82) is 0 Å². The highest BCUT2D eigenvalue weighted by atomic mass is 32.3. The van der Waals surface area contributed by atoms with E-state index in [9.17, 15) is 18.7 Å². The van der Waals surface area contributed by atoms with E-state index in [2.05, 4.69) is 15.0 Å². The van der Waals surface area contributed by atoms with Crippen molar-refractivity contribution in [2.24, 2.45) is 5.92 Å². The smallest absolute Gasteiger partial charge is 0.240 e. The molecular formula is C24H28N4O4S. The first-order chi connectivity index (χ1) is 15.9. The van der Waals surface area contributed by atoms with Crippen LogP contribution in [-0.2, 0) is 16.0 Å². The number of para-hydroxylation sites is 2. The number of carbonyl (C=O) groups excluding carboxylic acids is 2. The summed E-state index contributed by atoms with van der Waals surface area (Å²) in [4.78, 5) is 32.6. The van der Waals surface area contributed by atoms with Crippen molar-refractivity contribution in [1.82, 2.24) is 20.0 Å². The van der Waals surface area contributed by atoms with E-state index in [1.807, 2.05) is 48.5 Å². The van der Waals surface area contributed by atoms with Crippen LogP contribution in [0.2, 0.25) is 0 Å². The van der Waals surface area contributed by atoms with Gasteiger partial charge in [-0.3, -0.25) is 23.4 Å². The quantitative estimate of drug-likeness (QED) is 0.367. The Kier molecular flexibility index (Phi) is 5.86. The van der Waals surface area contributed by atoms with Crippen molar-refractivity contribution < 1.29 is 18.7 Å². The molecule has 0 bridgehead atoms. The summed E-state index contributed by atoms with van der Waals surface area (Å²) in [7, 11) is -3.18. The minimum atomic E-state index is -3.18. The second kappa shape index (κ2) is 8.81. The second-order valence-electron chi connectivity index (χ2n) is 8.94. The average molecular weight is 469 g/mol. The summed E-state index contributed by atoms with van der Waals surface area (Å²) in [5.74, 6) is 0.478. The van der Waals surface area contributed by atoms with E-state index in [0.717, 1.165) is 42.3 Å². The Morgan fingerprint density at radius 3 is 2.52 bits per heavy atom. The van der Waals surface area contributed by atoms with Crippen molar-refractivity contribution in [3.63, 3.8) is 0 Å². The van der Waals surface area contributed by atoms with Crippen LogP contribution < -0.4 is 10.0 Å². The van der Waals surface area contributed by atoms with Crippen LogP contribution >= 0.6 is 10.8 Å². The number of rotatable bonds is 6. The second-order valence-corrected chi connectivity index (χ2v) is 10.9. The maximum atomic E-state index is 12.9. The Morgan fingerprint density at radius 1 is 1.12 bits per heavy atom. The van der Waals surface area contributed by atoms with Gasteiger partial charge in [-0.15, -0.1) is 10.8 Å². The zero-order chi connectivity index (χ0) is 23.0. The van der Waals surface area contributed by atoms with Crippen LogP contribution in [0.4, 0.5) is 0 Å². The SMILES string of the molecule is O=C1CC(c2ccc(C[C@H](NC(=O)C3CCCC3)c3nc4ccccc4[nH]3)cc2)S(O)(O)N1. The molecule has 0 radical (unpaired) electrons. The van der Waals surface area contributed by atoms with E-state index in [0.29, 0.717) is 17.8 Å². The van der Waals surface area contributed by atoms with Crippen LogP contribution in [0.5, 0.6) is 0 Å². The fourth-order valence-corrected chi connectivity index (χ4v) is 6.29. The van der Waals surface area contributed by atoms with Gasteiger partial charge in [0.2, 0.25) is 11.8 Å². The maximum absolute atomic E-state index is 12.9. The number of imidazole rings is 1. The number of hydrogen-bond donors (Lipinski definition) is 5. The molecule has 8 nitrogen and oxygen atoms in total. The topological polar surface area (TPSA) is 127 Å². The van der Waals surface area contributed by atoms with Crippen molar-refractivity contribution in [3.05, 3.63) is 65.5 Å². The van der Waals surface area contributed by atoms with E-state index < -0.39 is 16.0 Å². The molecule has 3 aromatic rings. The third-order valence-electron chi connectivity index (χ3n) is 6.60. The van der Waals surface area contributed by atoms with Crippen LogP contribution in [0, 0.1) is 5.92 Å². The van der Waals surface area contributed by atoms with Gasteiger partial charge in [0.25, 0.3) is 0 Å². The average Bonchev–Trinajstić information content (AvgIpc) is 3.52. The summed E-state index contributed by atoms with van der Waals surface area (Å²) < 4.78 is 22.6. The van der Waals surface area contributed by atoms with Gasteiger partial charge in [-0.05, 0) is 42.5 Å². The molecule has 174 valence electrons. The maximum Gasteiger partial charge on any atom is 0.240 e. The largest absolute Gasteiger partial charge is 0.346 e. The molecule has 5 rings (SSSR count). The van der Waals surface area contributed by atoms with E-state index in [-0.39, 0.29) is 30.2 Å². The van der Waals surface area contributed by atoms with Gasteiger partial charge in [0.15, 0.2) is 0 Å². The minimum Gasteiger partial charge on any atom is -0.346 e. The van der Waals surface area contributed by atoms with Gasteiger partial charge in [0.05, 0.1) is 23.5 Å². The summed E-state index contributed by atoms with van der Waals surface area (Å²) in [6.45, 7) is 0. The van der Waals surface area contributed by atoms with E-state index in [4.69, 9.17) is 4.98 Å². The Bertz CT molecular complexity index is 1140. The Labute approximate surface area is 193 Å². The number of carbonyl (C=O) groups is 2. The molecular weight excluding hydrogens is 440 g/mol. The number of H-pyrrole nitrogens is 1. The Morgan fingerprint density at radius 2 is 1.85 bits per heavy atom. The lowest BCUT2D eigenvalue weighted by Gasteiger charge is -2.32. The normalized spacial score (nSPS) is 22.2. The first-order valence-corrected chi connectivity index (χ1v) is 12.9. The lowest BCUT2D eigenvalue weighted by molar-refractivity contribution is -0.125. The number of hydrogen-bond acceptors (Lipinski definition) is 5. The molecule has 0 spiro atoms. The summed E-state index contributed by atoms with van der Waals surface area (Å²) in [6, 6.07) is 14.9. The third kappa shape index (κ3) is 4.62. The highest BCUT2D eigenvalue weighted by Crippen LogP contribution is 2.56. The molecule has 2 aromatic carbocycles. The van der Waals surface area contributed by atoms with Gasteiger partial charge >= 0.3 is 0 Å². The van der Waals surface area contributed by atoms with Gasteiger partial charge in [-0.2, -0.15) is 0 Å². The molecule has 2 atom stereocenters. The molecule has 1 saturated carbocycles. The number of amides is 2. The van der Waals surface area contributed by atoms with Gasteiger partial charge in [-0.1, -0.05) is 49.2 Å². The summed E-state index contributed by atoms with van der Waals surface area (Å²) in [5, 5.41) is 2.56. The fourth-order valence-electron chi connectivity index (χ4n) is 4.81. The fraction of sp³-hybridized carbons (Fsp3) is 0.375. The van der Waals surface area contributed by atoms with Crippen molar-refractivity contribution in [2.45, 2.75) is 49.8 Å². The predicted molar refractivity (Wildman–Crippen MR) is 127 cm³/mol. The first kappa shape index (κ1) is 21.9. The molecule has 1 unspecified atom stereocenters. The number of fused-ring (bicyclic) bond motifs is 1. The van der Waals surface area contributed by atoms with Crippen LogP contribution in [0.15, 0.2) is 48.5 Å². The number of nitrogens with one attached hydrogen (secondary N) is 3. The van der Waals surface area contributed by atoms with E-state index in [1.165, 1.54) is 0 Å². The molecule has 2 heterocycles. The van der Waals surface area contributed by atoms with E-state index in [1.54, 1.807) is 0 Å². The van der Waals surface area contributed by atoms with Crippen molar-refractivity contribution in [3.8, 4) is 0 Å². The minimum absolute atomic E-state index is 0.0527. The summed E-state index contributed by atoms with van der Waals surface area (Å²) >= 11 is 0. The van der Waals surface area contributed by atoms with Gasteiger partial charge in [0, 0.05) is 5.92 Å². The molecule has 2 aliphatic rings. The molecule has 2 amide bonds. The molecule has 1 aromatic heterocycles. The van der Waals surface area contributed by atoms with Crippen molar-refractivity contribution >= 4 is 33.6 Å². The van der Waals surface area contributed by atoms with Gasteiger partial charge in [0.1, 0.15) is 11.1 Å². The molecule has 9 heteroatoms. The summed E-state index contributed by atoms with van der Waals surface area (Å²) in [5.41, 5.74) is 3.45. The molecule has 1 aliphatic carbocycles. The highest BCUT2D eigenvalue weighted by molar-refractivity contribution is 8.23. The number of benzene rings is 2. The van der Waals surface area contributed by atoms with Crippen LogP contribution in [-0.4, -0.2) is 30.9 Å². The predicted octanol–water partition coefficient (Wildman–Crippen LogP) is 4.38. The standard InChI is InChI=1S/C24H28N4O4S/c29-22-14-21(33(31,32)28-22)16-11-9-15(10-12-16)13-20(27-24(30)17-5-1-2-6-17)23-25-18-7-3-4-8-19(18)26-23/h3-4,7-12,17,20-21,31-32H,1-2,5-6,13-14H2,(H,25,26)(H,27,30)(H,28,29)/t20-,21?/m0/s1. The zero-order valence-electron chi connectivity index (χ0n) is 18.2. The Hall–Kier alpha value is -2.88. The van der Waals surface area contributed by atoms with Crippen LogP contribution in [0.3, 0.4) is 0 Å². The summed E-state index contributed by atoms with van der Waals surface area (Å²) in [6.07, 6.45) is 4.62. The molecule has 1 saturated heterocycles. The van der Waals surface area contributed by atoms with Crippen LogP contribution in [0.1, 0.15) is 60.3 Å². The zero-order valence-corrected chi connectivity index (χ0v) is 19.0. The van der Waals surface area contributed by atoms with Gasteiger partial charge in [-0.25, -0.2) is 4.98 Å². The van der Waals surface area contributed by atoms with Gasteiger partial charge < -0.3 is 10.3 Å². The molecule has 33 heavy (non-hydrogen) atoms. The van der Waals surface area contributed by atoms with Crippen LogP contribution in [0.25, 0.3) is 11.0 Å². The first-order valence-electron chi connectivity index (χ1n) is 11.3. The Balaban J connectivity index is 1.38. The van der Waals surface area contributed by atoms with E-state index >= 15 is 0 Å². The number of aromatic amines is 1. The lowest BCUT2D eigenvalue weighted by Crippen LogP contribution is -2.34. The number of nitrogens with zero attached hydrogens (tertiary/aromatic N) is 1. The monoisotopic (exact) mass is 468 g/mol. The highest BCUT2D eigenvalue weighted by Gasteiger charge is 2.38. The molecule has 5 N–H and O–H groups in total. The lowest BCUT2D eigenvalue weighted by atomic mass is 10.0. The molecule has 2 fully saturated rings.